The molecule has 0 aromatic carbocycles. The lowest BCUT2D eigenvalue weighted by molar-refractivity contribution is 0.265. The lowest BCUT2D eigenvalue weighted by atomic mass is 10.0. The molecular weight excluding hydrogens is 413 g/mol. The zero-order valence-electron chi connectivity index (χ0n) is 15.9. The average molecular weight is 447 g/mol. The molecule has 1 aromatic heterocycles. The smallest absolute Gasteiger partial charge is 0.193 e. The molecule has 1 aromatic rings. The summed E-state index contributed by atoms with van der Waals surface area (Å²) < 4.78 is 2.10. The monoisotopic (exact) mass is 447 g/mol. The fourth-order valence-electron chi connectivity index (χ4n) is 3.26. The van der Waals surface area contributed by atoms with Crippen LogP contribution in [0.5, 0.6) is 0 Å². The highest BCUT2D eigenvalue weighted by molar-refractivity contribution is 14.0. The molecule has 0 radical (unpaired) electrons. The van der Waals surface area contributed by atoms with Crippen molar-refractivity contribution in [3.63, 3.8) is 0 Å². The third-order valence-electron chi connectivity index (χ3n) is 4.43. The third kappa shape index (κ3) is 6.26. The van der Waals surface area contributed by atoms with E-state index in [1.165, 1.54) is 18.5 Å². The zero-order chi connectivity index (χ0) is 16.8. The van der Waals surface area contributed by atoms with Crippen LogP contribution in [0.2, 0.25) is 0 Å². The predicted molar refractivity (Wildman–Crippen MR) is 112 cm³/mol. The molecule has 138 valence electrons. The number of aliphatic imine (C=N–C) groups is 1. The Morgan fingerprint density at radius 1 is 1.46 bits per heavy atom. The Morgan fingerprint density at radius 3 is 2.79 bits per heavy atom. The minimum atomic E-state index is 0. The van der Waals surface area contributed by atoms with Gasteiger partial charge in [-0.1, -0.05) is 13.8 Å². The molecule has 0 saturated carbocycles. The molecule has 0 bridgehead atoms. The van der Waals surface area contributed by atoms with Crippen LogP contribution in [0.1, 0.15) is 45.0 Å². The normalized spacial score (nSPS) is 19.8. The Hall–Kier alpha value is -0.790. The summed E-state index contributed by atoms with van der Waals surface area (Å²) in [6.07, 6.45) is 2.61. The number of guanidine groups is 1. The van der Waals surface area contributed by atoms with Gasteiger partial charge in [-0.3, -0.25) is 9.67 Å². The van der Waals surface area contributed by atoms with E-state index in [2.05, 4.69) is 53.8 Å². The Balaban J connectivity index is 0.00000288. The van der Waals surface area contributed by atoms with E-state index in [0.717, 1.165) is 50.3 Å². The van der Waals surface area contributed by atoms with Crippen LogP contribution in [-0.2, 0) is 6.54 Å². The second kappa shape index (κ2) is 10.3. The van der Waals surface area contributed by atoms with Crippen molar-refractivity contribution in [2.75, 3.05) is 26.2 Å². The van der Waals surface area contributed by atoms with Crippen molar-refractivity contribution in [2.24, 2.45) is 16.8 Å². The van der Waals surface area contributed by atoms with Crippen LogP contribution in [0, 0.1) is 25.7 Å². The van der Waals surface area contributed by atoms with E-state index in [1.54, 1.807) is 0 Å². The number of aryl methyl sites for hydroxylation is 2. The molecule has 6 heteroatoms. The Bertz CT molecular complexity index is 525. The van der Waals surface area contributed by atoms with Gasteiger partial charge < -0.3 is 10.2 Å². The number of hydrogen-bond donors (Lipinski definition) is 1. The first kappa shape index (κ1) is 21.3. The summed E-state index contributed by atoms with van der Waals surface area (Å²) in [4.78, 5) is 7.32. The Kier molecular flexibility index (Phi) is 9.08. The standard InChI is InChI=1S/C18H33N5.HI/c1-6-19-18(22-9-7-8-14(2)12-22)20-11-15(3)13-23-17(5)10-16(4)21-23;/h10,14-15H,6-9,11-13H2,1-5H3,(H,19,20);1H. The molecule has 1 aliphatic heterocycles. The lowest BCUT2D eigenvalue weighted by Crippen LogP contribution is -2.46. The van der Waals surface area contributed by atoms with Crippen LogP contribution in [0.25, 0.3) is 0 Å². The molecule has 0 amide bonds. The van der Waals surface area contributed by atoms with E-state index in [-0.39, 0.29) is 24.0 Å². The van der Waals surface area contributed by atoms with Gasteiger partial charge >= 0.3 is 0 Å². The highest BCUT2D eigenvalue weighted by atomic mass is 127. The second-order valence-electron chi connectivity index (χ2n) is 7.10. The molecule has 2 atom stereocenters. The second-order valence-corrected chi connectivity index (χ2v) is 7.10. The van der Waals surface area contributed by atoms with Gasteiger partial charge in [0.1, 0.15) is 0 Å². The van der Waals surface area contributed by atoms with Gasteiger partial charge in [-0.15, -0.1) is 24.0 Å². The zero-order valence-corrected chi connectivity index (χ0v) is 18.2. The van der Waals surface area contributed by atoms with Crippen molar-refractivity contribution in [1.82, 2.24) is 20.0 Å². The summed E-state index contributed by atoms with van der Waals surface area (Å²) in [6, 6.07) is 2.13. The first-order chi connectivity index (χ1) is 11.0. The average Bonchev–Trinajstić information content (AvgIpc) is 2.81. The molecule has 0 spiro atoms. The molecule has 1 fully saturated rings. The fourth-order valence-corrected chi connectivity index (χ4v) is 3.26. The summed E-state index contributed by atoms with van der Waals surface area (Å²) >= 11 is 0. The molecule has 2 heterocycles. The van der Waals surface area contributed by atoms with Crippen molar-refractivity contribution < 1.29 is 0 Å². The summed E-state index contributed by atoms with van der Waals surface area (Å²) in [5, 5.41) is 8.02. The van der Waals surface area contributed by atoms with Gasteiger partial charge in [-0.25, -0.2) is 0 Å². The minimum absolute atomic E-state index is 0. The van der Waals surface area contributed by atoms with E-state index < -0.39 is 0 Å². The van der Waals surface area contributed by atoms with Crippen LogP contribution in [-0.4, -0.2) is 46.8 Å². The number of rotatable bonds is 5. The highest BCUT2D eigenvalue weighted by Crippen LogP contribution is 2.15. The van der Waals surface area contributed by atoms with Gasteiger partial charge in [0.2, 0.25) is 0 Å². The highest BCUT2D eigenvalue weighted by Gasteiger charge is 2.19. The van der Waals surface area contributed by atoms with E-state index in [9.17, 15) is 0 Å². The van der Waals surface area contributed by atoms with Crippen molar-refractivity contribution in [1.29, 1.82) is 0 Å². The van der Waals surface area contributed by atoms with Gasteiger partial charge in [0.15, 0.2) is 5.96 Å². The molecule has 1 aliphatic rings. The van der Waals surface area contributed by atoms with Gasteiger partial charge in [0.05, 0.1) is 5.69 Å². The number of piperidine rings is 1. The largest absolute Gasteiger partial charge is 0.357 e. The fraction of sp³-hybridized carbons (Fsp3) is 0.778. The number of likely N-dealkylation sites (tertiary alicyclic amines) is 1. The molecule has 2 unspecified atom stereocenters. The van der Waals surface area contributed by atoms with Gasteiger partial charge in [0.25, 0.3) is 0 Å². The van der Waals surface area contributed by atoms with Crippen molar-refractivity contribution in [3.8, 4) is 0 Å². The van der Waals surface area contributed by atoms with Crippen LogP contribution in [0.3, 0.4) is 0 Å². The SMILES string of the molecule is CCNC(=NCC(C)Cn1nc(C)cc1C)N1CCCC(C)C1.I. The van der Waals surface area contributed by atoms with Crippen LogP contribution >= 0.6 is 24.0 Å². The maximum atomic E-state index is 4.89. The molecule has 5 nitrogen and oxygen atoms in total. The summed E-state index contributed by atoms with van der Waals surface area (Å²) in [7, 11) is 0. The van der Waals surface area contributed by atoms with E-state index in [0.29, 0.717) is 5.92 Å². The van der Waals surface area contributed by atoms with Crippen molar-refractivity contribution in [3.05, 3.63) is 17.5 Å². The van der Waals surface area contributed by atoms with E-state index in [1.807, 2.05) is 6.92 Å². The maximum absolute atomic E-state index is 4.89. The topological polar surface area (TPSA) is 45.5 Å². The Labute approximate surface area is 164 Å². The molecule has 24 heavy (non-hydrogen) atoms. The molecular formula is C18H34IN5. The quantitative estimate of drug-likeness (QED) is 0.427. The van der Waals surface area contributed by atoms with Crippen molar-refractivity contribution >= 4 is 29.9 Å². The Morgan fingerprint density at radius 2 is 2.21 bits per heavy atom. The number of halogens is 1. The summed E-state index contributed by atoms with van der Waals surface area (Å²) in [5.74, 6) is 2.32. The number of nitrogens with zero attached hydrogens (tertiary/aromatic N) is 4. The molecule has 1 N–H and O–H groups in total. The van der Waals surface area contributed by atoms with E-state index >= 15 is 0 Å². The minimum Gasteiger partial charge on any atom is -0.357 e. The lowest BCUT2D eigenvalue weighted by Gasteiger charge is -2.33. The van der Waals surface area contributed by atoms with Gasteiger partial charge in [-0.05, 0) is 51.5 Å². The molecule has 1 saturated heterocycles. The maximum Gasteiger partial charge on any atom is 0.193 e. The number of hydrogen-bond acceptors (Lipinski definition) is 2. The van der Waals surface area contributed by atoms with Crippen molar-refractivity contribution in [2.45, 2.75) is 54.0 Å². The first-order valence-electron chi connectivity index (χ1n) is 9.04. The van der Waals surface area contributed by atoms with Crippen LogP contribution in [0.4, 0.5) is 0 Å². The summed E-state index contributed by atoms with van der Waals surface area (Å²) in [5.41, 5.74) is 2.32. The van der Waals surface area contributed by atoms with Gasteiger partial charge in [0, 0.05) is 38.4 Å². The number of nitrogens with one attached hydrogen (secondary N) is 1. The number of aromatic nitrogens is 2. The first-order valence-corrected chi connectivity index (χ1v) is 9.04. The van der Waals surface area contributed by atoms with Crippen LogP contribution in [0.15, 0.2) is 11.1 Å². The van der Waals surface area contributed by atoms with E-state index in [4.69, 9.17) is 4.99 Å². The predicted octanol–water partition coefficient (Wildman–Crippen LogP) is 3.45. The molecule has 0 aliphatic carbocycles. The molecule has 2 rings (SSSR count). The third-order valence-corrected chi connectivity index (χ3v) is 4.43. The summed E-state index contributed by atoms with van der Waals surface area (Å²) in [6.45, 7) is 15.8. The van der Waals surface area contributed by atoms with Gasteiger partial charge in [-0.2, -0.15) is 5.10 Å². The van der Waals surface area contributed by atoms with Crippen LogP contribution < -0.4 is 5.32 Å².